The predicted molar refractivity (Wildman–Crippen MR) is 114 cm³/mol. The average Bonchev–Trinajstić information content (AvgIpc) is 3.12. The molecule has 3 nitrogen and oxygen atoms in total. The van der Waals surface area contributed by atoms with Crippen LogP contribution in [0.4, 0.5) is 8.78 Å². The lowest BCUT2D eigenvalue weighted by molar-refractivity contribution is 0.545. The van der Waals surface area contributed by atoms with Gasteiger partial charge in [-0.15, -0.1) is 0 Å². The van der Waals surface area contributed by atoms with Gasteiger partial charge in [-0.3, -0.25) is 4.79 Å². The summed E-state index contributed by atoms with van der Waals surface area (Å²) in [5.41, 5.74) is 5.39. The molecule has 0 saturated heterocycles. The highest BCUT2D eigenvalue weighted by atomic mass is 19.1. The second-order valence-corrected chi connectivity index (χ2v) is 7.55. The third-order valence-corrected chi connectivity index (χ3v) is 5.70. The van der Waals surface area contributed by atoms with Crippen LogP contribution in [-0.2, 0) is 13.0 Å². The van der Waals surface area contributed by atoms with E-state index in [1.807, 2.05) is 18.2 Å². The van der Waals surface area contributed by atoms with Crippen molar-refractivity contribution in [1.82, 2.24) is 9.55 Å². The zero-order chi connectivity index (χ0) is 20.8. The summed E-state index contributed by atoms with van der Waals surface area (Å²) < 4.78 is 31.3. The molecule has 0 fully saturated rings. The molecule has 5 rings (SSSR count). The maximum atomic E-state index is 15.0. The predicted octanol–water partition coefficient (Wildman–Crippen LogP) is 5.35. The summed E-state index contributed by atoms with van der Waals surface area (Å²) in [4.78, 5) is 16.4. The average molecular weight is 400 g/mol. The van der Waals surface area contributed by atoms with Gasteiger partial charge in [0, 0.05) is 5.56 Å². The molecule has 1 aliphatic carbocycles. The first-order valence-corrected chi connectivity index (χ1v) is 9.74. The van der Waals surface area contributed by atoms with Gasteiger partial charge in [-0.1, -0.05) is 36.4 Å². The molecule has 0 saturated carbocycles. The van der Waals surface area contributed by atoms with Gasteiger partial charge in [0.2, 0.25) is 0 Å². The van der Waals surface area contributed by atoms with E-state index in [1.165, 1.54) is 34.0 Å². The first-order chi connectivity index (χ1) is 14.5. The lowest BCUT2D eigenvalue weighted by Crippen LogP contribution is -2.22. The van der Waals surface area contributed by atoms with Crippen molar-refractivity contribution >= 4 is 16.6 Å². The van der Waals surface area contributed by atoms with Crippen LogP contribution in [-0.4, -0.2) is 9.55 Å². The first kappa shape index (κ1) is 18.4. The molecule has 148 valence electrons. The molecule has 0 unspecified atom stereocenters. The number of nitrogens with zero attached hydrogens (tertiary/aromatic N) is 2. The van der Waals surface area contributed by atoms with Gasteiger partial charge in [0.15, 0.2) is 0 Å². The van der Waals surface area contributed by atoms with Gasteiger partial charge in [-0.25, -0.2) is 13.8 Å². The topological polar surface area (TPSA) is 34.9 Å². The highest BCUT2D eigenvalue weighted by Gasteiger charge is 2.17. The molecule has 5 heteroatoms. The summed E-state index contributed by atoms with van der Waals surface area (Å²) in [7, 11) is 0. The van der Waals surface area contributed by atoms with Crippen molar-refractivity contribution in [1.29, 1.82) is 0 Å². The Kier molecular flexibility index (Phi) is 4.31. The van der Waals surface area contributed by atoms with Gasteiger partial charge in [-0.05, 0) is 65.4 Å². The summed E-state index contributed by atoms with van der Waals surface area (Å²) in [6.07, 6.45) is 4.15. The van der Waals surface area contributed by atoms with Crippen LogP contribution in [0.1, 0.15) is 23.6 Å². The van der Waals surface area contributed by atoms with Crippen LogP contribution in [0.2, 0.25) is 0 Å². The van der Waals surface area contributed by atoms with Gasteiger partial charge in [0.25, 0.3) is 5.56 Å². The minimum Gasteiger partial charge on any atom is -0.301 e. The molecule has 0 spiro atoms. The zero-order valence-corrected chi connectivity index (χ0v) is 16.3. The number of halogens is 2. The quantitative estimate of drug-likeness (QED) is 0.465. The van der Waals surface area contributed by atoms with Crippen molar-refractivity contribution < 1.29 is 8.78 Å². The molecule has 0 amide bonds. The van der Waals surface area contributed by atoms with Crippen molar-refractivity contribution in [3.8, 4) is 11.1 Å². The van der Waals surface area contributed by atoms with E-state index in [9.17, 15) is 13.6 Å². The number of para-hydroxylation sites is 2. The number of rotatable bonds is 3. The second-order valence-electron chi connectivity index (χ2n) is 7.55. The summed E-state index contributed by atoms with van der Waals surface area (Å²) in [5, 5.41) is 0. The number of fused-ring (bicyclic) bond motifs is 2. The molecule has 0 bridgehead atoms. The number of hydrogen-bond acceptors (Lipinski definition) is 2. The third kappa shape index (κ3) is 3.03. The highest BCUT2D eigenvalue weighted by Crippen LogP contribution is 2.32. The largest absolute Gasteiger partial charge is 0.301 e. The van der Waals surface area contributed by atoms with Crippen molar-refractivity contribution in [2.45, 2.75) is 19.9 Å². The van der Waals surface area contributed by atoms with Gasteiger partial charge in [0.05, 0.1) is 23.8 Å². The van der Waals surface area contributed by atoms with Crippen LogP contribution in [0.3, 0.4) is 0 Å². The Labute approximate surface area is 171 Å². The Balaban J connectivity index is 1.55. The molecule has 0 N–H and O–H groups in total. The second kappa shape index (κ2) is 7.02. The van der Waals surface area contributed by atoms with Crippen LogP contribution in [0.5, 0.6) is 0 Å². The molecule has 0 aliphatic heterocycles. The summed E-state index contributed by atoms with van der Waals surface area (Å²) in [6, 6.07) is 15.6. The molecular formula is C25H18F2N2O. The fourth-order valence-corrected chi connectivity index (χ4v) is 4.06. The molecule has 30 heavy (non-hydrogen) atoms. The van der Waals surface area contributed by atoms with E-state index in [2.05, 4.69) is 18.0 Å². The smallest absolute Gasteiger partial charge is 0.269 e. The van der Waals surface area contributed by atoms with E-state index >= 15 is 0 Å². The molecule has 4 aromatic rings. The van der Waals surface area contributed by atoms with E-state index in [0.29, 0.717) is 16.6 Å². The molecule has 0 radical (unpaired) electrons. The molecule has 1 heterocycles. The van der Waals surface area contributed by atoms with Gasteiger partial charge < -0.3 is 4.57 Å². The molecular weight excluding hydrogens is 382 g/mol. The minimum absolute atomic E-state index is 0.143. The minimum atomic E-state index is -0.674. The highest BCUT2D eigenvalue weighted by molar-refractivity contribution is 5.76. The van der Waals surface area contributed by atoms with E-state index in [1.54, 1.807) is 24.3 Å². The summed E-state index contributed by atoms with van der Waals surface area (Å²) >= 11 is 0. The number of benzene rings is 3. The van der Waals surface area contributed by atoms with Crippen LogP contribution in [0, 0.1) is 11.6 Å². The lowest BCUT2D eigenvalue weighted by atomic mass is 9.97. The number of aromatic nitrogens is 2. The third-order valence-electron chi connectivity index (χ3n) is 5.70. The van der Waals surface area contributed by atoms with Crippen LogP contribution in [0.25, 0.3) is 27.7 Å². The molecule has 0 atom stereocenters. The van der Waals surface area contributed by atoms with Gasteiger partial charge in [0.1, 0.15) is 11.6 Å². The fraction of sp³-hybridized carbons (Fsp3) is 0.120. The summed E-state index contributed by atoms with van der Waals surface area (Å²) in [6.45, 7) is 1.86. The van der Waals surface area contributed by atoms with Gasteiger partial charge in [-0.2, -0.15) is 0 Å². The maximum absolute atomic E-state index is 15.0. The SMILES string of the molecule is CC1=CCc2cc(-c3cc(F)c(Cn4c(=O)cnc5ccccc54)c(F)c3)ccc21. The monoisotopic (exact) mass is 400 g/mol. The van der Waals surface area contributed by atoms with Crippen molar-refractivity contribution in [2.75, 3.05) is 0 Å². The van der Waals surface area contributed by atoms with Gasteiger partial charge >= 0.3 is 0 Å². The standard InChI is InChI=1S/C25H18F2N2O/c1-15-6-7-17-10-16(8-9-19(15)17)18-11-21(26)20(22(27)12-18)14-29-24-5-3-2-4-23(24)28-13-25(29)30/h2-6,8-13H,7,14H2,1H3. The van der Waals surface area contributed by atoms with E-state index < -0.39 is 17.2 Å². The van der Waals surface area contributed by atoms with E-state index in [0.717, 1.165) is 17.5 Å². The van der Waals surface area contributed by atoms with Crippen molar-refractivity contribution in [3.05, 3.63) is 106 Å². The Hall–Kier alpha value is -3.60. The van der Waals surface area contributed by atoms with Crippen molar-refractivity contribution in [2.24, 2.45) is 0 Å². The van der Waals surface area contributed by atoms with Crippen LogP contribution in [0.15, 0.2) is 71.7 Å². The molecule has 1 aliphatic rings. The normalized spacial score (nSPS) is 12.8. The number of hydrogen-bond donors (Lipinski definition) is 0. The molecule has 1 aromatic heterocycles. The Morgan fingerprint density at radius 1 is 1.00 bits per heavy atom. The van der Waals surface area contributed by atoms with E-state index in [-0.39, 0.29) is 12.1 Å². The Morgan fingerprint density at radius 3 is 2.57 bits per heavy atom. The Bertz CT molecular complexity index is 1380. The number of allylic oxidation sites excluding steroid dienone is 2. The van der Waals surface area contributed by atoms with Crippen LogP contribution >= 0.6 is 0 Å². The molecule has 3 aromatic carbocycles. The van der Waals surface area contributed by atoms with E-state index in [4.69, 9.17) is 0 Å². The maximum Gasteiger partial charge on any atom is 0.269 e. The lowest BCUT2D eigenvalue weighted by Gasteiger charge is -2.13. The van der Waals surface area contributed by atoms with Crippen molar-refractivity contribution in [3.63, 3.8) is 0 Å². The fourth-order valence-electron chi connectivity index (χ4n) is 4.06. The zero-order valence-electron chi connectivity index (χ0n) is 16.3. The van der Waals surface area contributed by atoms with Crippen LogP contribution < -0.4 is 5.56 Å². The first-order valence-electron chi connectivity index (χ1n) is 9.74. The summed E-state index contributed by atoms with van der Waals surface area (Å²) in [5.74, 6) is -1.35. The Morgan fingerprint density at radius 2 is 1.77 bits per heavy atom.